The van der Waals surface area contributed by atoms with Gasteiger partial charge in [-0.15, -0.1) is 9.90 Å². The number of nitrogens with zero attached hydrogens (tertiary/aromatic N) is 7. The zero-order valence-corrected chi connectivity index (χ0v) is 18.7. The number of anilines is 1. The summed E-state index contributed by atoms with van der Waals surface area (Å²) in [7, 11) is 0. The van der Waals surface area contributed by atoms with Gasteiger partial charge in [-0.3, -0.25) is 9.78 Å². The van der Waals surface area contributed by atoms with E-state index in [1.807, 2.05) is 0 Å². The molecule has 1 aromatic carbocycles. The highest BCUT2D eigenvalue weighted by atomic mass is 35.5. The number of aromatic nitrogens is 7. The Bertz CT molecular complexity index is 1590. The topological polar surface area (TPSA) is 124 Å². The molecule has 4 heterocycles. The molecule has 0 aliphatic rings. The third-order valence-corrected chi connectivity index (χ3v) is 5.38. The number of pyridine rings is 2. The Morgan fingerprint density at radius 1 is 1.08 bits per heavy atom. The maximum absolute atomic E-state index is 14.1. The number of aliphatic hydroxyl groups excluding tert-OH is 1. The molecule has 4 aromatic heterocycles. The smallest absolute Gasteiger partial charge is 0.390 e. The summed E-state index contributed by atoms with van der Waals surface area (Å²) in [6, 6.07) is 9.18. The van der Waals surface area contributed by atoms with E-state index in [2.05, 4.69) is 30.6 Å². The van der Waals surface area contributed by atoms with E-state index in [1.54, 1.807) is 24.3 Å². The highest BCUT2D eigenvalue weighted by Crippen LogP contribution is 2.35. The fourth-order valence-electron chi connectivity index (χ4n) is 3.56. The summed E-state index contributed by atoms with van der Waals surface area (Å²) in [6.45, 7) is -0.337. The van der Waals surface area contributed by atoms with Crippen LogP contribution in [-0.2, 0) is 12.8 Å². The zero-order chi connectivity index (χ0) is 25.4. The first-order chi connectivity index (χ1) is 17.3. The average molecular weight is 515 g/mol. The van der Waals surface area contributed by atoms with Gasteiger partial charge in [0.25, 0.3) is 5.91 Å². The highest BCUT2D eigenvalue weighted by molar-refractivity contribution is 6.32. The molecule has 0 saturated carbocycles. The quantitative estimate of drug-likeness (QED) is 0.365. The van der Waals surface area contributed by atoms with Crippen LogP contribution in [0.2, 0.25) is 5.02 Å². The molecular formula is C22H14ClF3N8O2. The fourth-order valence-corrected chi connectivity index (χ4v) is 3.80. The Labute approximate surface area is 205 Å². The molecular weight excluding hydrogens is 501 g/mol. The fraction of sp³-hybridized carbons (Fsp3) is 0.0909. The molecule has 0 aliphatic heterocycles. The second kappa shape index (κ2) is 9.02. The zero-order valence-electron chi connectivity index (χ0n) is 18.0. The molecule has 14 heteroatoms. The minimum atomic E-state index is -4.90. The number of carbonyl (C=O) groups is 1. The summed E-state index contributed by atoms with van der Waals surface area (Å²) in [6.07, 6.45) is -0.0212. The monoisotopic (exact) mass is 514 g/mol. The van der Waals surface area contributed by atoms with Crippen LogP contribution in [0.1, 0.15) is 21.7 Å². The normalized spacial score (nSPS) is 11.7. The van der Waals surface area contributed by atoms with Crippen molar-refractivity contribution in [3.8, 4) is 11.5 Å². The summed E-state index contributed by atoms with van der Waals surface area (Å²) in [5.74, 6) is -0.958. The van der Waals surface area contributed by atoms with Crippen LogP contribution in [0.4, 0.5) is 18.9 Å². The Hall–Kier alpha value is -4.36. The van der Waals surface area contributed by atoms with E-state index >= 15 is 0 Å². The van der Waals surface area contributed by atoms with E-state index in [0.29, 0.717) is 15.6 Å². The molecule has 0 radical (unpaired) electrons. The Morgan fingerprint density at radius 3 is 2.64 bits per heavy atom. The van der Waals surface area contributed by atoms with Gasteiger partial charge in [0.1, 0.15) is 5.69 Å². The van der Waals surface area contributed by atoms with E-state index in [0.717, 1.165) is 11.0 Å². The standard InChI is InChI=1S/C22H14ClF3N8O2/c23-16-7-12(8-28-20(16)34-30-9-13(11-35)32-34)31-21(36)15-10-29-33(19(15)22(24,25)26)18-5-1-4-17-14(18)3-2-6-27-17/h1-10,35H,11H2,(H,31,36). The molecule has 0 unspecified atom stereocenters. The van der Waals surface area contributed by atoms with Gasteiger partial charge in [0.2, 0.25) is 0 Å². The van der Waals surface area contributed by atoms with Gasteiger partial charge in [-0.25, -0.2) is 9.67 Å². The molecule has 5 rings (SSSR count). The van der Waals surface area contributed by atoms with E-state index in [1.165, 1.54) is 30.7 Å². The molecule has 0 saturated heterocycles. The number of hydrogen-bond donors (Lipinski definition) is 2. The van der Waals surface area contributed by atoms with E-state index in [-0.39, 0.29) is 34.5 Å². The van der Waals surface area contributed by atoms with Gasteiger partial charge in [-0.05, 0) is 30.3 Å². The van der Waals surface area contributed by atoms with Crippen LogP contribution in [0.15, 0.2) is 61.2 Å². The number of amides is 1. The first-order valence-corrected chi connectivity index (χ1v) is 10.6. The van der Waals surface area contributed by atoms with Crippen LogP contribution in [0.5, 0.6) is 0 Å². The van der Waals surface area contributed by atoms with Crippen LogP contribution in [0, 0.1) is 0 Å². The molecule has 0 bridgehead atoms. The van der Waals surface area contributed by atoms with Crippen molar-refractivity contribution in [3.63, 3.8) is 0 Å². The number of benzene rings is 1. The number of halogens is 4. The van der Waals surface area contributed by atoms with Crippen LogP contribution >= 0.6 is 11.6 Å². The van der Waals surface area contributed by atoms with Gasteiger partial charge < -0.3 is 10.4 Å². The van der Waals surface area contributed by atoms with Gasteiger partial charge in [-0.2, -0.15) is 23.4 Å². The summed E-state index contributed by atoms with van der Waals surface area (Å²) in [4.78, 5) is 22.2. The van der Waals surface area contributed by atoms with Crippen molar-refractivity contribution in [2.75, 3.05) is 5.32 Å². The van der Waals surface area contributed by atoms with Gasteiger partial charge >= 0.3 is 6.18 Å². The van der Waals surface area contributed by atoms with Crippen LogP contribution < -0.4 is 5.32 Å². The second-order valence-corrected chi connectivity index (χ2v) is 7.84. The predicted octanol–water partition coefficient (Wildman–Crippen LogP) is 3.81. The number of rotatable bonds is 5. The number of aliphatic hydroxyl groups is 1. The Kier molecular flexibility index (Phi) is 5.86. The largest absolute Gasteiger partial charge is 0.434 e. The lowest BCUT2D eigenvalue weighted by Gasteiger charge is -2.14. The lowest BCUT2D eigenvalue weighted by atomic mass is 10.1. The number of fused-ring (bicyclic) bond motifs is 1. The molecule has 5 aromatic rings. The van der Waals surface area contributed by atoms with E-state index in [4.69, 9.17) is 16.7 Å². The first-order valence-electron chi connectivity index (χ1n) is 10.2. The summed E-state index contributed by atoms with van der Waals surface area (Å²) < 4.78 is 43.1. The molecule has 0 spiro atoms. The lowest BCUT2D eigenvalue weighted by Crippen LogP contribution is -2.21. The molecule has 2 N–H and O–H groups in total. The average Bonchev–Trinajstić information content (AvgIpc) is 3.51. The van der Waals surface area contributed by atoms with Crippen LogP contribution in [0.25, 0.3) is 22.4 Å². The van der Waals surface area contributed by atoms with Crippen molar-refractivity contribution < 1.29 is 23.1 Å². The Morgan fingerprint density at radius 2 is 1.92 bits per heavy atom. The summed E-state index contributed by atoms with van der Waals surface area (Å²) in [5, 5.41) is 23.7. The molecule has 0 fully saturated rings. The van der Waals surface area contributed by atoms with Gasteiger partial charge in [0.05, 0.1) is 52.7 Å². The maximum atomic E-state index is 14.1. The van der Waals surface area contributed by atoms with Crippen LogP contribution in [0.3, 0.4) is 0 Å². The maximum Gasteiger partial charge on any atom is 0.434 e. The molecule has 0 atom stereocenters. The molecule has 10 nitrogen and oxygen atoms in total. The summed E-state index contributed by atoms with van der Waals surface area (Å²) >= 11 is 6.21. The van der Waals surface area contributed by atoms with Crippen molar-refractivity contribution in [1.29, 1.82) is 0 Å². The molecule has 1 amide bonds. The summed E-state index contributed by atoms with van der Waals surface area (Å²) in [5.41, 5.74) is -1.02. The number of carbonyl (C=O) groups excluding carboxylic acids is 1. The predicted molar refractivity (Wildman–Crippen MR) is 122 cm³/mol. The molecule has 36 heavy (non-hydrogen) atoms. The van der Waals surface area contributed by atoms with Crippen molar-refractivity contribution in [2.24, 2.45) is 0 Å². The molecule has 0 aliphatic carbocycles. The second-order valence-electron chi connectivity index (χ2n) is 7.43. The third kappa shape index (κ3) is 4.25. The van der Waals surface area contributed by atoms with Crippen molar-refractivity contribution in [2.45, 2.75) is 12.8 Å². The minimum Gasteiger partial charge on any atom is -0.390 e. The number of alkyl halides is 3. The first kappa shape index (κ1) is 23.4. The minimum absolute atomic E-state index is 0.0166. The van der Waals surface area contributed by atoms with Gasteiger partial charge in [0, 0.05) is 11.6 Å². The van der Waals surface area contributed by atoms with Crippen LogP contribution in [-0.4, -0.2) is 45.8 Å². The SMILES string of the molecule is O=C(Nc1cnc(-n2ncc(CO)n2)c(Cl)c1)c1cnn(-c2cccc3ncccc23)c1C(F)(F)F. The number of nitrogens with one attached hydrogen (secondary N) is 1. The van der Waals surface area contributed by atoms with E-state index in [9.17, 15) is 18.0 Å². The third-order valence-electron chi connectivity index (χ3n) is 5.10. The van der Waals surface area contributed by atoms with Gasteiger partial charge in [0.15, 0.2) is 11.5 Å². The lowest BCUT2D eigenvalue weighted by molar-refractivity contribution is -0.143. The molecule has 182 valence electrons. The number of hydrogen-bond acceptors (Lipinski definition) is 7. The van der Waals surface area contributed by atoms with Crippen molar-refractivity contribution in [1.82, 2.24) is 34.7 Å². The van der Waals surface area contributed by atoms with Crippen molar-refractivity contribution in [3.05, 3.63) is 83.2 Å². The highest BCUT2D eigenvalue weighted by Gasteiger charge is 2.41. The van der Waals surface area contributed by atoms with E-state index < -0.39 is 23.3 Å². The Balaban J connectivity index is 1.49. The van der Waals surface area contributed by atoms with Gasteiger partial charge in [-0.1, -0.05) is 17.7 Å². The van der Waals surface area contributed by atoms with Crippen molar-refractivity contribution >= 4 is 34.1 Å².